The molecule has 214 valence electrons. The quantitative estimate of drug-likeness (QED) is 0.181. The van der Waals surface area contributed by atoms with Crippen molar-refractivity contribution in [3.05, 3.63) is 182 Å². The highest BCUT2D eigenvalue weighted by molar-refractivity contribution is 6.25. The van der Waals surface area contributed by atoms with E-state index in [1.807, 2.05) is 0 Å². The highest BCUT2D eigenvalue weighted by Gasteiger charge is 2.20. The van der Waals surface area contributed by atoms with Crippen molar-refractivity contribution in [2.75, 3.05) is 0 Å². The van der Waals surface area contributed by atoms with E-state index in [2.05, 4.69) is 182 Å². The molecule has 0 nitrogen and oxygen atoms in total. The van der Waals surface area contributed by atoms with Crippen LogP contribution in [0.25, 0.3) is 87.6 Å². The van der Waals surface area contributed by atoms with Crippen molar-refractivity contribution in [3.63, 3.8) is 0 Å². The van der Waals surface area contributed by atoms with E-state index >= 15 is 0 Å². The van der Waals surface area contributed by atoms with E-state index in [-0.39, 0.29) is 0 Å². The number of hydrogen-bond acceptors (Lipinski definition) is 0. The summed E-state index contributed by atoms with van der Waals surface area (Å²) in [6.45, 7) is 0. The SMILES string of the molecule is c1ccc(-c2c3ccccc3c(-c3ccc4c(-c5ccccc5)c5ccccc5c(-c5ccccc5)c4c3)c3ccccc23)cc1. The Morgan fingerprint density at radius 2 is 0.435 bits per heavy atom. The molecule has 0 aliphatic heterocycles. The molecule has 0 atom stereocenters. The fraction of sp³-hybridized carbons (Fsp3) is 0. The van der Waals surface area contributed by atoms with Crippen LogP contribution >= 0.6 is 0 Å². The summed E-state index contributed by atoms with van der Waals surface area (Å²) in [5, 5.41) is 10.2. The molecular weight excluding hydrogens is 553 g/mol. The molecular formula is C46H30. The summed E-state index contributed by atoms with van der Waals surface area (Å²) in [5.74, 6) is 0. The first-order chi connectivity index (χ1) is 22.9. The van der Waals surface area contributed by atoms with Gasteiger partial charge in [-0.2, -0.15) is 0 Å². The molecule has 9 rings (SSSR count). The van der Waals surface area contributed by atoms with Crippen molar-refractivity contribution in [2.45, 2.75) is 0 Å². The predicted molar refractivity (Wildman–Crippen MR) is 198 cm³/mol. The molecule has 0 radical (unpaired) electrons. The van der Waals surface area contributed by atoms with Gasteiger partial charge in [-0.3, -0.25) is 0 Å². The Balaban J connectivity index is 1.44. The zero-order valence-corrected chi connectivity index (χ0v) is 25.3. The van der Waals surface area contributed by atoms with Crippen LogP contribution in [-0.2, 0) is 0 Å². The van der Waals surface area contributed by atoms with Gasteiger partial charge in [-0.1, -0.05) is 176 Å². The van der Waals surface area contributed by atoms with Gasteiger partial charge < -0.3 is 0 Å². The van der Waals surface area contributed by atoms with Crippen molar-refractivity contribution in [3.8, 4) is 44.5 Å². The summed E-state index contributed by atoms with van der Waals surface area (Å²) in [6, 6.07) is 66.4. The van der Waals surface area contributed by atoms with Crippen LogP contribution in [0.4, 0.5) is 0 Å². The Hall–Kier alpha value is -5.98. The Kier molecular flexibility index (Phi) is 6.25. The van der Waals surface area contributed by atoms with E-state index < -0.39 is 0 Å². The molecule has 0 N–H and O–H groups in total. The Morgan fingerprint density at radius 1 is 0.174 bits per heavy atom. The summed E-state index contributed by atoms with van der Waals surface area (Å²) in [5.41, 5.74) is 10.1. The van der Waals surface area contributed by atoms with Gasteiger partial charge in [-0.15, -0.1) is 0 Å². The van der Waals surface area contributed by atoms with Gasteiger partial charge in [-0.25, -0.2) is 0 Å². The lowest BCUT2D eigenvalue weighted by Crippen LogP contribution is -1.93. The molecule has 0 aliphatic rings. The van der Waals surface area contributed by atoms with Gasteiger partial charge in [-0.05, 0) is 93.7 Å². The molecule has 0 heterocycles. The minimum Gasteiger partial charge on any atom is -0.0622 e. The second-order valence-corrected chi connectivity index (χ2v) is 12.0. The lowest BCUT2D eigenvalue weighted by atomic mass is 9.83. The minimum atomic E-state index is 1.23. The molecule has 0 unspecified atom stereocenters. The standard InChI is InChI=1S/C46H30/c1-4-16-31(17-5-1)43-36-23-11-14-26-39(36)46(40-27-15-12-24-37(40)43)34-28-29-41-42(30-34)45(33-20-8-3-9-21-33)38-25-13-10-22-35(38)44(41)32-18-6-2-7-19-32/h1-30H. The molecule has 0 aromatic heterocycles. The van der Waals surface area contributed by atoms with Gasteiger partial charge >= 0.3 is 0 Å². The molecule has 0 bridgehead atoms. The summed E-state index contributed by atoms with van der Waals surface area (Å²) < 4.78 is 0. The van der Waals surface area contributed by atoms with Crippen LogP contribution in [-0.4, -0.2) is 0 Å². The molecule has 0 fully saturated rings. The van der Waals surface area contributed by atoms with E-state index in [9.17, 15) is 0 Å². The first-order valence-corrected chi connectivity index (χ1v) is 16.0. The predicted octanol–water partition coefficient (Wildman–Crippen LogP) is 13.0. The first kappa shape index (κ1) is 26.4. The van der Waals surface area contributed by atoms with E-state index in [0.717, 1.165) is 0 Å². The molecule has 9 aromatic carbocycles. The lowest BCUT2D eigenvalue weighted by Gasteiger charge is -2.20. The van der Waals surface area contributed by atoms with Crippen LogP contribution in [0.15, 0.2) is 182 Å². The molecule has 0 saturated heterocycles. The highest BCUT2D eigenvalue weighted by atomic mass is 14.2. The Morgan fingerprint density at radius 3 is 0.783 bits per heavy atom. The number of benzene rings is 9. The summed E-state index contributed by atoms with van der Waals surface area (Å²) in [7, 11) is 0. The Bertz CT molecular complexity index is 2490. The topological polar surface area (TPSA) is 0 Å². The smallest absolute Gasteiger partial charge is 0.00261 e. The largest absolute Gasteiger partial charge is 0.0622 e. The van der Waals surface area contributed by atoms with E-state index in [1.54, 1.807) is 0 Å². The maximum atomic E-state index is 2.45. The fourth-order valence-electron chi connectivity index (χ4n) is 7.52. The minimum absolute atomic E-state index is 1.23. The third-order valence-electron chi connectivity index (χ3n) is 9.43. The maximum Gasteiger partial charge on any atom is -0.00261 e. The van der Waals surface area contributed by atoms with Crippen molar-refractivity contribution in [2.24, 2.45) is 0 Å². The van der Waals surface area contributed by atoms with E-state index in [4.69, 9.17) is 0 Å². The molecule has 46 heavy (non-hydrogen) atoms. The molecule has 0 saturated carbocycles. The zero-order chi connectivity index (χ0) is 30.5. The van der Waals surface area contributed by atoms with Crippen LogP contribution in [0, 0.1) is 0 Å². The van der Waals surface area contributed by atoms with Gasteiger partial charge in [0.05, 0.1) is 0 Å². The molecule has 0 spiro atoms. The lowest BCUT2D eigenvalue weighted by molar-refractivity contribution is 1.64. The average Bonchev–Trinajstić information content (AvgIpc) is 3.13. The van der Waals surface area contributed by atoms with Crippen LogP contribution in [0.3, 0.4) is 0 Å². The molecule has 0 amide bonds. The second-order valence-electron chi connectivity index (χ2n) is 12.0. The fourth-order valence-corrected chi connectivity index (χ4v) is 7.52. The molecule has 0 aliphatic carbocycles. The van der Waals surface area contributed by atoms with E-state index in [0.29, 0.717) is 0 Å². The Labute approximate surface area is 268 Å². The van der Waals surface area contributed by atoms with Gasteiger partial charge in [0.25, 0.3) is 0 Å². The number of rotatable bonds is 4. The number of fused-ring (bicyclic) bond motifs is 4. The van der Waals surface area contributed by atoms with Gasteiger partial charge in [0.2, 0.25) is 0 Å². The van der Waals surface area contributed by atoms with Crippen LogP contribution in [0.2, 0.25) is 0 Å². The normalized spacial score (nSPS) is 11.5. The van der Waals surface area contributed by atoms with Crippen LogP contribution < -0.4 is 0 Å². The second kappa shape index (κ2) is 10.9. The summed E-state index contributed by atoms with van der Waals surface area (Å²) in [6.07, 6.45) is 0. The third-order valence-corrected chi connectivity index (χ3v) is 9.43. The zero-order valence-electron chi connectivity index (χ0n) is 25.3. The third kappa shape index (κ3) is 4.15. The first-order valence-electron chi connectivity index (χ1n) is 16.0. The summed E-state index contributed by atoms with van der Waals surface area (Å²) in [4.78, 5) is 0. The van der Waals surface area contributed by atoms with Crippen molar-refractivity contribution in [1.82, 2.24) is 0 Å². The average molecular weight is 583 g/mol. The molecule has 0 heteroatoms. The summed E-state index contributed by atoms with van der Waals surface area (Å²) >= 11 is 0. The van der Waals surface area contributed by atoms with Crippen molar-refractivity contribution in [1.29, 1.82) is 0 Å². The maximum absolute atomic E-state index is 2.45. The molecule has 9 aromatic rings. The van der Waals surface area contributed by atoms with E-state index in [1.165, 1.54) is 87.6 Å². The highest BCUT2D eigenvalue weighted by Crippen LogP contribution is 2.47. The van der Waals surface area contributed by atoms with Gasteiger partial charge in [0.15, 0.2) is 0 Å². The van der Waals surface area contributed by atoms with Crippen LogP contribution in [0.1, 0.15) is 0 Å². The van der Waals surface area contributed by atoms with Gasteiger partial charge in [0.1, 0.15) is 0 Å². The van der Waals surface area contributed by atoms with Crippen molar-refractivity contribution < 1.29 is 0 Å². The van der Waals surface area contributed by atoms with Crippen molar-refractivity contribution >= 4 is 43.1 Å². The number of hydrogen-bond donors (Lipinski definition) is 0. The van der Waals surface area contributed by atoms with Gasteiger partial charge in [0, 0.05) is 0 Å². The monoisotopic (exact) mass is 582 g/mol. The van der Waals surface area contributed by atoms with Crippen LogP contribution in [0.5, 0.6) is 0 Å².